The van der Waals surface area contributed by atoms with Crippen LogP contribution in [0.2, 0.25) is 0 Å². The summed E-state index contributed by atoms with van der Waals surface area (Å²) in [5, 5.41) is 0.742. The first-order valence-corrected chi connectivity index (χ1v) is 7.73. The molecule has 2 aromatic rings. The molecule has 5 nitrogen and oxygen atoms in total. The molecule has 0 saturated heterocycles. The molecule has 0 atom stereocenters. The van der Waals surface area contributed by atoms with E-state index in [0.29, 0.717) is 37.1 Å². The van der Waals surface area contributed by atoms with Crippen molar-refractivity contribution in [1.29, 1.82) is 0 Å². The maximum Gasteiger partial charge on any atom is 1.00 e. The molecule has 0 heterocycles. The van der Waals surface area contributed by atoms with Gasteiger partial charge in [-0.25, -0.2) is 0 Å². The van der Waals surface area contributed by atoms with Crippen LogP contribution >= 0.6 is 8.58 Å². The molecule has 2 aromatic carbocycles. The van der Waals surface area contributed by atoms with Gasteiger partial charge in [-0.2, -0.15) is 5.30 Å². The van der Waals surface area contributed by atoms with Crippen molar-refractivity contribution in [3.63, 3.8) is 0 Å². The Labute approximate surface area is 155 Å². The minimum absolute atomic E-state index is 0. The standard InChI is InChI=1S/C17H18O5P.Li/c1-19-11-8-9-15(14(10-11)22-4)23-17(18)16-12(20-2)6-5-7-13(16)21-3;/h5-10H,1-4H3;/q-1;+1. The fraction of sp³-hybridized carbons (Fsp3) is 0.235. The number of rotatable bonds is 7. The maximum atomic E-state index is 12.7. The smallest absolute Gasteiger partial charge is 0.499 e. The monoisotopic (exact) mass is 340 g/mol. The van der Waals surface area contributed by atoms with E-state index in [2.05, 4.69) is 0 Å². The average molecular weight is 340 g/mol. The van der Waals surface area contributed by atoms with Crippen LogP contribution in [0.25, 0.3) is 0 Å². The van der Waals surface area contributed by atoms with Gasteiger partial charge in [0.2, 0.25) is 0 Å². The fourth-order valence-electron chi connectivity index (χ4n) is 2.10. The minimum atomic E-state index is -0.136. The van der Waals surface area contributed by atoms with E-state index >= 15 is 0 Å². The second-order valence-electron chi connectivity index (χ2n) is 4.49. The summed E-state index contributed by atoms with van der Waals surface area (Å²) in [7, 11) is 6.65. The van der Waals surface area contributed by atoms with Crippen molar-refractivity contribution < 1.29 is 42.6 Å². The van der Waals surface area contributed by atoms with Crippen LogP contribution in [0.1, 0.15) is 10.4 Å². The van der Waals surface area contributed by atoms with Gasteiger partial charge < -0.3 is 32.3 Å². The molecule has 0 amide bonds. The first kappa shape index (κ1) is 20.4. The molecule has 0 radical (unpaired) electrons. The number of carbonyl (C=O) groups is 1. The van der Waals surface area contributed by atoms with Crippen LogP contribution in [-0.4, -0.2) is 34.0 Å². The third-order valence-electron chi connectivity index (χ3n) is 3.25. The van der Waals surface area contributed by atoms with E-state index in [9.17, 15) is 4.79 Å². The van der Waals surface area contributed by atoms with Gasteiger partial charge in [-0.05, 0) is 18.2 Å². The van der Waals surface area contributed by atoms with Crippen molar-refractivity contribution in [2.24, 2.45) is 0 Å². The Hall–Kier alpha value is -1.66. The van der Waals surface area contributed by atoms with Crippen LogP contribution in [0.15, 0.2) is 36.4 Å². The minimum Gasteiger partial charge on any atom is -0.499 e. The van der Waals surface area contributed by atoms with Crippen LogP contribution < -0.4 is 43.1 Å². The van der Waals surface area contributed by atoms with Gasteiger partial charge in [0.25, 0.3) is 0 Å². The molecule has 0 N–H and O–H groups in total. The molecule has 0 spiro atoms. The summed E-state index contributed by atoms with van der Waals surface area (Å²) in [5.74, 6) is 2.22. The predicted octanol–water partition coefficient (Wildman–Crippen LogP) is 0.137. The number of ether oxygens (including phenoxy) is 4. The number of hydrogen-bond donors (Lipinski definition) is 0. The van der Waals surface area contributed by atoms with Crippen molar-refractivity contribution >= 4 is 19.4 Å². The average Bonchev–Trinajstić information content (AvgIpc) is 2.60. The molecular weight excluding hydrogens is 322 g/mol. The van der Waals surface area contributed by atoms with E-state index in [1.165, 1.54) is 14.2 Å². The van der Waals surface area contributed by atoms with Crippen molar-refractivity contribution in [2.75, 3.05) is 28.4 Å². The van der Waals surface area contributed by atoms with Gasteiger partial charge in [0.1, 0.15) is 17.2 Å². The van der Waals surface area contributed by atoms with E-state index in [4.69, 9.17) is 18.9 Å². The predicted molar refractivity (Wildman–Crippen MR) is 90.0 cm³/mol. The van der Waals surface area contributed by atoms with Crippen LogP contribution in [0, 0.1) is 0 Å². The summed E-state index contributed by atoms with van der Waals surface area (Å²) in [6.45, 7) is 0. The zero-order valence-corrected chi connectivity index (χ0v) is 15.3. The van der Waals surface area contributed by atoms with E-state index in [1.807, 2.05) is 0 Å². The SMILES string of the molecule is COc1ccc([P-]C(=O)c2c(OC)cccc2OC)c(OC)c1.[Li+]. The van der Waals surface area contributed by atoms with E-state index in [-0.39, 0.29) is 24.4 Å². The Morgan fingerprint density at radius 1 is 0.833 bits per heavy atom. The van der Waals surface area contributed by atoms with E-state index in [0.717, 1.165) is 5.30 Å². The summed E-state index contributed by atoms with van der Waals surface area (Å²) in [4.78, 5) is 12.7. The summed E-state index contributed by atoms with van der Waals surface area (Å²) >= 11 is 0. The molecule has 0 fully saturated rings. The van der Waals surface area contributed by atoms with Gasteiger partial charge in [-0.3, -0.25) is 0 Å². The normalized spacial score (nSPS) is 10.2. The maximum absolute atomic E-state index is 12.7. The van der Waals surface area contributed by atoms with Gasteiger partial charge in [0, 0.05) is 11.6 Å². The number of carbonyl (C=O) groups excluding carboxylic acids is 1. The van der Waals surface area contributed by atoms with Gasteiger partial charge in [0.05, 0.1) is 39.8 Å². The van der Waals surface area contributed by atoms with Gasteiger partial charge >= 0.3 is 18.9 Å². The summed E-state index contributed by atoms with van der Waals surface area (Å²) < 4.78 is 21.1. The largest absolute Gasteiger partial charge is 1.00 e. The van der Waals surface area contributed by atoms with Crippen LogP contribution in [0.5, 0.6) is 23.0 Å². The molecule has 0 aliphatic carbocycles. The topological polar surface area (TPSA) is 54.0 Å². The van der Waals surface area contributed by atoms with Crippen LogP contribution in [-0.2, 0) is 0 Å². The molecule has 0 aromatic heterocycles. The second kappa shape index (κ2) is 9.59. The Kier molecular flexibility index (Phi) is 8.14. The molecule has 0 aliphatic heterocycles. The summed E-state index contributed by atoms with van der Waals surface area (Å²) in [6, 6.07) is 10.6. The van der Waals surface area contributed by atoms with Gasteiger partial charge in [-0.1, -0.05) is 12.1 Å². The zero-order valence-electron chi connectivity index (χ0n) is 14.5. The summed E-state index contributed by atoms with van der Waals surface area (Å²) in [5.41, 5.74) is 0.278. The molecule has 24 heavy (non-hydrogen) atoms. The second-order valence-corrected chi connectivity index (χ2v) is 5.60. The molecule has 2 rings (SSSR count). The number of benzene rings is 2. The molecule has 0 saturated carbocycles. The Morgan fingerprint density at radius 2 is 1.42 bits per heavy atom. The van der Waals surface area contributed by atoms with E-state index < -0.39 is 0 Å². The van der Waals surface area contributed by atoms with Crippen molar-refractivity contribution in [1.82, 2.24) is 0 Å². The van der Waals surface area contributed by atoms with Crippen LogP contribution in [0.3, 0.4) is 0 Å². The molecule has 0 unspecified atom stereocenters. The molecule has 7 heteroatoms. The Bertz CT molecular complexity index is 683. The van der Waals surface area contributed by atoms with Crippen molar-refractivity contribution in [3.05, 3.63) is 42.0 Å². The fourth-order valence-corrected chi connectivity index (χ4v) is 3.07. The molecular formula is C17H18LiO5P. The van der Waals surface area contributed by atoms with Crippen molar-refractivity contribution in [3.8, 4) is 23.0 Å². The number of methoxy groups -OCH3 is 4. The van der Waals surface area contributed by atoms with Crippen molar-refractivity contribution in [2.45, 2.75) is 0 Å². The van der Waals surface area contributed by atoms with E-state index in [1.54, 1.807) is 50.6 Å². The Balaban J connectivity index is 0.00000288. The zero-order chi connectivity index (χ0) is 16.8. The quantitative estimate of drug-likeness (QED) is 0.530. The molecule has 0 bridgehead atoms. The number of hydrogen-bond acceptors (Lipinski definition) is 5. The molecule has 122 valence electrons. The molecule has 0 aliphatic rings. The van der Waals surface area contributed by atoms with Gasteiger partial charge in [0.15, 0.2) is 0 Å². The Morgan fingerprint density at radius 3 is 1.92 bits per heavy atom. The first-order valence-electron chi connectivity index (χ1n) is 6.83. The first-order chi connectivity index (χ1) is 11.1. The third kappa shape index (κ3) is 4.45. The summed E-state index contributed by atoms with van der Waals surface area (Å²) in [6.07, 6.45) is 0. The van der Waals surface area contributed by atoms with Crippen LogP contribution in [0.4, 0.5) is 0 Å². The third-order valence-corrected chi connectivity index (χ3v) is 4.29. The van der Waals surface area contributed by atoms with Gasteiger partial charge in [-0.15, -0.1) is 0 Å².